The molecule has 1 saturated carbocycles. The van der Waals surface area contributed by atoms with Crippen molar-refractivity contribution < 1.29 is 0 Å². The minimum atomic E-state index is 0.452. The Hall–Kier alpha value is -0.600. The SMILES string of the molecule is C=CCN(CC=C)CC1(CNC)CCC(C)CC1. The van der Waals surface area contributed by atoms with Gasteiger partial charge in [0.05, 0.1) is 0 Å². The van der Waals surface area contributed by atoms with Crippen LogP contribution in [0, 0.1) is 11.3 Å². The van der Waals surface area contributed by atoms with Crippen LogP contribution in [-0.2, 0) is 0 Å². The van der Waals surface area contributed by atoms with Gasteiger partial charge in [0.1, 0.15) is 0 Å². The molecule has 0 heterocycles. The number of hydrogen-bond donors (Lipinski definition) is 1. The van der Waals surface area contributed by atoms with Gasteiger partial charge in [-0.3, -0.25) is 4.90 Å². The summed E-state index contributed by atoms with van der Waals surface area (Å²) in [4.78, 5) is 2.47. The number of hydrogen-bond acceptors (Lipinski definition) is 2. The van der Waals surface area contributed by atoms with Gasteiger partial charge in [0.15, 0.2) is 0 Å². The van der Waals surface area contributed by atoms with Crippen molar-refractivity contribution in [1.29, 1.82) is 0 Å². The molecular weight excluding hydrogens is 220 g/mol. The summed E-state index contributed by atoms with van der Waals surface area (Å²) < 4.78 is 0. The fourth-order valence-corrected chi connectivity index (χ4v) is 3.18. The maximum atomic E-state index is 3.87. The van der Waals surface area contributed by atoms with Crippen LogP contribution in [0.4, 0.5) is 0 Å². The number of nitrogens with one attached hydrogen (secondary N) is 1. The molecule has 2 nitrogen and oxygen atoms in total. The Morgan fingerprint density at radius 1 is 1.22 bits per heavy atom. The first-order valence-electron chi connectivity index (χ1n) is 7.24. The third-order valence-electron chi connectivity index (χ3n) is 4.22. The van der Waals surface area contributed by atoms with Crippen molar-refractivity contribution in [3.63, 3.8) is 0 Å². The van der Waals surface area contributed by atoms with Crippen molar-refractivity contribution in [3.8, 4) is 0 Å². The van der Waals surface area contributed by atoms with Gasteiger partial charge < -0.3 is 5.32 Å². The Bertz CT molecular complexity index is 242. The smallest absolute Gasteiger partial charge is 0.0164 e. The number of nitrogens with zero attached hydrogens (tertiary/aromatic N) is 1. The molecule has 0 unspecified atom stereocenters. The van der Waals surface area contributed by atoms with E-state index in [0.29, 0.717) is 5.41 Å². The average Bonchev–Trinajstić information content (AvgIpc) is 2.34. The monoisotopic (exact) mass is 250 g/mol. The molecule has 1 aliphatic carbocycles. The highest BCUT2D eigenvalue weighted by Crippen LogP contribution is 2.39. The second-order valence-electron chi connectivity index (χ2n) is 5.98. The van der Waals surface area contributed by atoms with Crippen LogP contribution in [0.5, 0.6) is 0 Å². The van der Waals surface area contributed by atoms with Crippen LogP contribution in [0.15, 0.2) is 25.3 Å². The lowest BCUT2D eigenvalue weighted by Crippen LogP contribution is -2.45. The van der Waals surface area contributed by atoms with Crippen molar-refractivity contribution >= 4 is 0 Å². The molecule has 1 rings (SSSR count). The van der Waals surface area contributed by atoms with Gasteiger partial charge in [0.25, 0.3) is 0 Å². The molecule has 18 heavy (non-hydrogen) atoms. The van der Waals surface area contributed by atoms with Crippen molar-refractivity contribution in [2.24, 2.45) is 11.3 Å². The molecule has 1 N–H and O–H groups in total. The lowest BCUT2D eigenvalue weighted by atomic mass is 9.70. The summed E-state index contributed by atoms with van der Waals surface area (Å²) >= 11 is 0. The molecule has 0 amide bonds. The maximum Gasteiger partial charge on any atom is 0.0164 e. The van der Waals surface area contributed by atoms with Gasteiger partial charge in [0.2, 0.25) is 0 Å². The topological polar surface area (TPSA) is 15.3 Å². The molecule has 2 heteroatoms. The first-order chi connectivity index (χ1) is 8.65. The second-order valence-corrected chi connectivity index (χ2v) is 5.98. The van der Waals surface area contributed by atoms with E-state index in [2.05, 4.69) is 37.3 Å². The quantitative estimate of drug-likeness (QED) is 0.666. The van der Waals surface area contributed by atoms with E-state index in [4.69, 9.17) is 0 Å². The molecule has 0 aromatic heterocycles. The summed E-state index contributed by atoms with van der Waals surface area (Å²) in [6.07, 6.45) is 9.44. The Kier molecular flexibility index (Phi) is 6.66. The first kappa shape index (κ1) is 15.5. The highest BCUT2D eigenvalue weighted by molar-refractivity contribution is 4.91. The van der Waals surface area contributed by atoms with Gasteiger partial charge in [-0.1, -0.05) is 31.9 Å². The van der Waals surface area contributed by atoms with E-state index in [-0.39, 0.29) is 0 Å². The Labute approximate surface area is 113 Å². The second kappa shape index (κ2) is 7.75. The third kappa shape index (κ3) is 4.58. The Morgan fingerprint density at radius 3 is 2.22 bits per heavy atom. The van der Waals surface area contributed by atoms with E-state index >= 15 is 0 Å². The van der Waals surface area contributed by atoms with Crippen LogP contribution in [0.1, 0.15) is 32.6 Å². The normalized spacial score (nSPS) is 28.3. The van der Waals surface area contributed by atoms with E-state index in [0.717, 1.165) is 25.6 Å². The molecule has 0 bridgehead atoms. The highest BCUT2D eigenvalue weighted by Gasteiger charge is 2.34. The summed E-state index contributed by atoms with van der Waals surface area (Å²) in [6.45, 7) is 14.3. The zero-order valence-corrected chi connectivity index (χ0v) is 12.3. The summed E-state index contributed by atoms with van der Waals surface area (Å²) in [6, 6.07) is 0. The van der Waals surface area contributed by atoms with Crippen LogP contribution < -0.4 is 5.32 Å². The predicted octanol–water partition coefficient (Wildman–Crippen LogP) is 3.08. The van der Waals surface area contributed by atoms with Crippen LogP contribution in [0.3, 0.4) is 0 Å². The minimum Gasteiger partial charge on any atom is -0.319 e. The third-order valence-corrected chi connectivity index (χ3v) is 4.22. The fourth-order valence-electron chi connectivity index (χ4n) is 3.18. The van der Waals surface area contributed by atoms with E-state index in [1.54, 1.807) is 0 Å². The van der Waals surface area contributed by atoms with Crippen LogP contribution in [0.25, 0.3) is 0 Å². The van der Waals surface area contributed by atoms with Crippen molar-refractivity contribution in [2.75, 3.05) is 33.2 Å². The summed E-state index contributed by atoms with van der Waals surface area (Å²) in [5.41, 5.74) is 0.452. The van der Waals surface area contributed by atoms with Gasteiger partial charge >= 0.3 is 0 Å². The Morgan fingerprint density at radius 2 is 1.78 bits per heavy atom. The van der Waals surface area contributed by atoms with Crippen molar-refractivity contribution in [2.45, 2.75) is 32.6 Å². The first-order valence-corrected chi connectivity index (χ1v) is 7.24. The van der Waals surface area contributed by atoms with Gasteiger partial charge in [-0.25, -0.2) is 0 Å². The molecule has 104 valence electrons. The minimum absolute atomic E-state index is 0.452. The van der Waals surface area contributed by atoms with Crippen molar-refractivity contribution in [1.82, 2.24) is 10.2 Å². The molecule has 0 aromatic carbocycles. The van der Waals surface area contributed by atoms with Crippen LogP contribution in [0.2, 0.25) is 0 Å². The molecule has 1 fully saturated rings. The number of rotatable bonds is 8. The lowest BCUT2D eigenvalue weighted by Gasteiger charge is -2.42. The standard InChI is InChI=1S/C16H30N2/c1-5-11-18(12-6-2)14-16(13-17-4)9-7-15(3)8-10-16/h5-6,15,17H,1-2,7-14H2,3-4H3. The largest absolute Gasteiger partial charge is 0.319 e. The van der Waals surface area contributed by atoms with E-state index in [9.17, 15) is 0 Å². The molecule has 0 atom stereocenters. The van der Waals surface area contributed by atoms with E-state index < -0.39 is 0 Å². The summed E-state index contributed by atoms with van der Waals surface area (Å²) in [5.74, 6) is 0.905. The highest BCUT2D eigenvalue weighted by atomic mass is 15.1. The summed E-state index contributed by atoms with van der Waals surface area (Å²) in [5, 5.41) is 3.40. The predicted molar refractivity (Wildman–Crippen MR) is 80.8 cm³/mol. The molecule has 0 aliphatic heterocycles. The van der Waals surface area contributed by atoms with Crippen molar-refractivity contribution in [3.05, 3.63) is 25.3 Å². The Balaban J connectivity index is 2.64. The molecule has 1 aliphatic rings. The molecule has 0 spiro atoms. The summed E-state index contributed by atoms with van der Waals surface area (Å²) in [7, 11) is 2.07. The van der Waals surface area contributed by atoms with E-state index in [1.807, 2.05) is 12.2 Å². The molecular formula is C16H30N2. The maximum absolute atomic E-state index is 3.87. The fraction of sp³-hybridized carbons (Fsp3) is 0.750. The van der Waals surface area contributed by atoms with Gasteiger partial charge in [-0.05, 0) is 31.2 Å². The molecule has 0 radical (unpaired) electrons. The van der Waals surface area contributed by atoms with E-state index in [1.165, 1.54) is 32.2 Å². The van der Waals surface area contributed by atoms with Crippen LogP contribution in [-0.4, -0.2) is 38.1 Å². The van der Waals surface area contributed by atoms with Gasteiger partial charge in [-0.2, -0.15) is 0 Å². The zero-order valence-electron chi connectivity index (χ0n) is 12.3. The molecule has 0 aromatic rings. The van der Waals surface area contributed by atoms with Gasteiger partial charge in [0, 0.05) is 26.2 Å². The van der Waals surface area contributed by atoms with Gasteiger partial charge in [-0.15, -0.1) is 13.2 Å². The molecule has 0 saturated heterocycles. The average molecular weight is 250 g/mol. The zero-order chi connectivity index (χ0) is 13.4. The lowest BCUT2D eigenvalue weighted by molar-refractivity contribution is 0.0997. The van der Waals surface area contributed by atoms with Crippen LogP contribution >= 0.6 is 0 Å².